The molecule has 1 rings (SSSR count). The third kappa shape index (κ3) is 5.49. The summed E-state index contributed by atoms with van der Waals surface area (Å²) in [5.74, 6) is 0.466. The van der Waals surface area contributed by atoms with Gasteiger partial charge in [0.1, 0.15) is 5.82 Å². The van der Waals surface area contributed by atoms with Gasteiger partial charge in [0.2, 0.25) is 0 Å². The summed E-state index contributed by atoms with van der Waals surface area (Å²) in [4.78, 5) is 2.17. The van der Waals surface area contributed by atoms with Crippen LogP contribution in [0.2, 0.25) is 0 Å². The smallest absolute Gasteiger partial charge is 0.129 e. The Hall–Kier alpha value is -1.09. The van der Waals surface area contributed by atoms with E-state index in [0.29, 0.717) is 12.5 Å². The normalized spacial score (nSPS) is 11.1. The van der Waals surface area contributed by atoms with Crippen LogP contribution < -0.4 is 10.2 Å². The molecule has 0 atom stereocenters. The van der Waals surface area contributed by atoms with Crippen molar-refractivity contribution in [3.63, 3.8) is 0 Å². The fraction of sp³-hybridized carbons (Fsp3) is 0.647. The first-order chi connectivity index (χ1) is 9.56. The molecule has 3 heteroatoms. The summed E-state index contributed by atoms with van der Waals surface area (Å²) in [6.07, 6.45) is 3.59. The van der Waals surface area contributed by atoms with Gasteiger partial charge in [-0.2, -0.15) is 0 Å². The zero-order valence-corrected chi connectivity index (χ0v) is 13.4. The van der Waals surface area contributed by atoms with Crippen LogP contribution in [0.5, 0.6) is 0 Å². The Morgan fingerprint density at radius 3 is 2.65 bits per heavy atom. The molecule has 0 radical (unpaired) electrons. The SMILES string of the molecule is CCCCCN(C)c1cccc(F)c1CNCC(C)C. The summed E-state index contributed by atoms with van der Waals surface area (Å²) >= 11 is 0. The van der Waals surface area contributed by atoms with Crippen molar-refractivity contribution >= 4 is 5.69 Å². The second-order valence-corrected chi connectivity index (χ2v) is 5.89. The van der Waals surface area contributed by atoms with Gasteiger partial charge in [0.15, 0.2) is 0 Å². The van der Waals surface area contributed by atoms with E-state index < -0.39 is 0 Å². The first kappa shape index (κ1) is 17.0. The van der Waals surface area contributed by atoms with Gasteiger partial charge in [0, 0.05) is 31.4 Å². The Kier molecular flexibility index (Phi) is 7.60. The number of unbranched alkanes of at least 4 members (excludes halogenated alkanes) is 2. The highest BCUT2D eigenvalue weighted by Gasteiger charge is 2.11. The van der Waals surface area contributed by atoms with E-state index in [1.807, 2.05) is 6.07 Å². The summed E-state index contributed by atoms with van der Waals surface area (Å²) in [5.41, 5.74) is 1.80. The van der Waals surface area contributed by atoms with Crippen LogP contribution in [0, 0.1) is 11.7 Å². The third-order valence-electron chi connectivity index (χ3n) is 3.46. The lowest BCUT2D eigenvalue weighted by atomic mass is 10.1. The van der Waals surface area contributed by atoms with Crippen molar-refractivity contribution in [2.45, 2.75) is 46.6 Å². The van der Waals surface area contributed by atoms with Crippen LogP contribution in [-0.4, -0.2) is 20.1 Å². The highest BCUT2D eigenvalue weighted by molar-refractivity contribution is 5.53. The van der Waals surface area contributed by atoms with Crippen molar-refractivity contribution in [1.82, 2.24) is 5.32 Å². The molecule has 0 aliphatic carbocycles. The number of rotatable bonds is 9. The minimum Gasteiger partial charge on any atom is -0.374 e. The first-order valence-corrected chi connectivity index (χ1v) is 7.75. The molecule has 0 saturated heterocycles. The maximum absolute atomic E-state index is 14.1. The Bertz CT molecular complexity index is 391. The van der Waals surface area contributed by atoms with E-state index in [0.717, 1.165) is 30.8 Å². The Labute approximate surface area is 123 Å². The van der Waals surface area contributed by atoms with Crippen LogP contribution in [0.15, 0.2) is 18.2 Å². The minimum atomic E-state index is -0.110. The van der Waals surface area contributed by atoms with E-state index in [-0.39, 0.29) is 5.82 Å². The maximum Gasteiger partial charge on any atom is 0.129 e. The van der Waals surface area contributed by atoms with Gasteiger partial charge < -0.3 is 10.2 Å². The molecule has 0 aromatic heterocycles. The largest absolute Gasteiger partial charge is 0.374 e. The lowest BCUT2D eigenvalue weighted by Crippen LogP contribution is -2.24. The molecular formula is C17H29FN2. The average Bonchev–Trinajstić information content (AvgIpc) is 2.40. The minimum absolute atomic E-state index is 0.110. The molecule has 1 aromatic carbocycles. The molecule has 1 aromatic rings. The number of anilines is 1. The van der Waals surface area contributed by atoms with Gasteiger partial charge in [-0.1, -0.05) is 39.7 Å². The van der Waals surface area contributed by atoms with Gasteiger partial charge in [-0.15, -0.1) is 0 Å². The molecule has 0 bridgehead atoms. The van der Waals surface area contributed by atoms with Gasteiger partial charge in [-0.3, -0.25) is 0 Å². The van der Waals surface area contributed by atoms with Crippen LogP contribution in [0.3, 0.4) is 0 Å². The van der Waals surface area contributed by atoms with Gasteiger partial charge in [-0.05, 0) is 31.0 Å². The quantitative estimate of drug-likeness (QED) is 0.682. The van der Waals surface area contributed by atoms with Crippen LogP contribution in [0.1, 0.15) is 45.6 Å². The summed E-state index contributed by atoms with van der Waals surface area (Å²) in [5, 5.41) is 3.34. The molecule has 0 spiro atoms. The van der Waals surface area contributed by atoms with E-state index in [1.54, 1.807) is 12.1 Å². The molecule has 1 N–H and O–H groups in total. The highest BCUT2D eigenvalue weighted by Crippen LogP contribution is 2.22. The molecular weight excluding hydrogens is 251 g/mol. The van der Waals surface area contributed by atoms with Gasteiger partial charge in [-0.25, -0.2) is 4.39 Å². The molecule has 0 amide bonds. The van der Waals surface area contributed by atoms with Crippen LogP contribution in [-0.2, 0) is 6.54 Å². The molecule has 114 valence electrons. The Morgan fingerprint density at radius 2 is 2.00 bits per heavy atom. The lowest BCUT2D eigenvalue weighted by molar-refractivity contribution is 0.534. The standard InChI is InChI=1S/C17H29FN2/c1-5-6-7-11-20(4)17-10-8-9-16(18)15(17)13-19-12-14(2)3/h8-10,14,19H,5-7,11-13H2,1-4H3. The molecule has 20 heavy (non-hydrogen) atoms. The van der Waals surface area contributed by atoms with E-state index in [9.17, 15) is 4.39 Å². The Morgan fingerprint density at radius 1 is 1.25 bits per heavy atom. The third-order valence-corrected chi connectivity index (χ3v) is 3.46. The van der Waals surface area contributed by atoms with Crippen molar-refractivity contribution in [3.8, 4) is 0 Å². The lowest BCUT2D eigenvalue weighted by Gasteiger charge is -2.23. The number of hydrogen-bond donors (Lipinski definition) is 1. The predicted octanol–water partition coefficient (Wildman–Crippen LogP) is 4.20. The molecule has 0 aliphatic heterocycles. The average molecular weight is 280 g/mol. The molecule has 0 aliphatic rings. The number of nitrogens with zero attached hydrogens (tertiary/aromatic N) is 1. The fourth-order valence-electron chi connectivity index (χ4n) is 2.29. The van der Waals surface area contributed by atoms with E-state index >= 15 is 0 Å². The number of benzene rings is 1. The summed E-state index contributed by atoms with van der Waals surface area (Å²) in [6.45, 7) is 9.00. The summed E-state index contributed by atoms with van der Waals surface area (Å²) in [7, 11) is 2.05. The van der Waals surface area contributed by atoms with Crippen LogP contribution in [0.4, 0.5) is 10.1 Å². The van der Waals surface area contributed by atoms with Crippen molar-refractivity contribution in [1.29, 1.82) is 0 Å². The van der Waals surface area contributed by atoms with Crippen molar-refractivity contribution in [2.75, 3.05) is 25.0 Å². The summed E-state index contributed by atoms with van der Waals surface area (Å²) in [6, 6.07) is 5.37. The highest BCUT2D eigenvalue weighted by atomic mass is 19.1. The number of nitrogens with one attached hydrogen (secondary N) is 1. The topological polar surface area (TPSA) is 15.3 Å². The zero-order valence-electron chi connectivity index (χ0n) is 13.4. The van der Waals surface area contributed by atoms with Crippen LogP contribution >= 0.6 is 0 Å². The number of halogens is 1. The second-order valence-electron chi connectivity index (χ2n) is 5.89. The van der Waals surface area contributed by atoms with Crippen molar-refractivity contribution in [3.05, 3.63) is 29.6 Å². The fourth-order valence-corrected chi connectivity index (χ4v) is 2.29. The van der Waals surface area contributed by atoms with Crippen molar-refractivity contribution in [2.24, 2.45) is 5.92 Å². The first-order valence-electron chi connectivity index (χ1n) is 7.75. The van der Waals surface area contributed by atoms with Crippen molar-refractivity contribution < 1.29 is 4.39 Å². The number of hydrogen-bond acceptors (Lipinski definition) is 2. The Balaban J connectivity index is 2.71. The van der Waals surface area contributed by atoms with Gasteiger partial charge >= 0.3 is 0 Å². The monoisotopic (exact) mass is 280 g/mol. The van der Waals surface area contributed by atoms with E-state index in [4.69, 9.17) is 0 Å². The molecule has 0 saturated carbocycles. The summed E-state index contributed by atoms with van der Waals surface area (Å²) < 4.78 is 14.1. The van der Waals surface area contributed by atoms with Gasteiger partial charge in [0.25, 0.3) is 0 Å². The van der Waals surface area contributed by atoms with E-state index in [1.165, 1.54) is 12.8 Å². The molecule has 0 unspecified atom stereocenters. The van der Waals surface area contributed by atoms with Gasteiger partial charge in [0.05, 0.1) is 0 Å². The molecule has 0 fully saturated rings. The zero-order chi connectivity index (χ0) is 15.0. The maximum atomic E-state index is 14.1. The van der Waals surface area contributed by atoms with Crippen LogP contribution in [0.25, 0.3) is 0 Å². The molecule has 2 nitrogen and oxygen atoms in total. The second kappa shape index (κ2) is 8.96. The van der Waals surface area contributed by atoms with E-state index in [2.05, 4.69) is 38.0 Å². The predicted molar refractivity (Wildman–Crippen MR) is 85.7 cm³/mol. The molecule has 0 heterocycles.